The second-order valence-corrected chi connectivity index (χ2v) is 5.97. The van der Waals surface area contributed by atoms with Gasteiger partial charge in [-0.1, -0.05) is 28.1 Å². The van der Waals surface area contributed by atoms with Crippen molar-refractivity contribution >= 4 is 31.9 Å². The molecule has 0 bridgehead atoms. The quantitative estimate of drug-likeness (QED) is 0.805. The zero-order valence-electron chi connectivity index (χ0n) is 10.7. The predicted molar refractivity (Wildman–Crippen MR) is 83.5 cm³/mol. The number of aliphatic hydroxyl groups is 1. The summed E-state index contributed by atoms with van der Waals surface area (Å²) in [5.41, 5.74) is 1.42. The molecular weight excluding hydrogens is 391 g/mol. The highest BCUT2D eigenvalue weighted by Gasteiger charge is 2.16. The summed E-state index contributed by atoms with van der Waals surface area (Å²) in [6, 6.07) is 10.2. The highest BCUT2D eigenvalue weighted by atomic mass is 79.9. The van der Waals surface area contributed by atoms with Crippen LogP contribution < -0.4 is 4.74 Å². The maximum absolute atomic E-state index is 13.5. The van der Waals surface area contributed by atoms with Gasteiger partial charge < -0.3 is 9.84 Å². The zero-order chi connectivity index (χ0) is 14.7. The van der Waals surface area contributed by atoms with Crippen LogP contribution in [0.15, 0.2) is 45.3 Å². The molecule has 0 amide bonds. The molecule has 2 rings (SSSR count). The molecule has 2 nitrogen and oxygen atoms in total. The van der Waals surface area contributed by atoms with Gasteiger partial charge >= 0.3 is 0 Å². The highest BCUT2D eigenvalue weighted by molar-refractivity contribution is 9.10. The topological polar surface area (TPSA) is 29.5 Å². The third-order valence-electron chi connectivity index (χ3n) is 3.01. The minimum absolute atomic E-state index is 0.310. The maximum atomic E-state index is 13.5. The molecule has 0 spiro atoms. The van der Waals surface area contributed by atoms with E-state index in [1.807, 2.05) is 6.07 Å². The number of halogens is 3. The van der Waals surface area contributed by atoms with Crippen molar-refractivity contribution in [2.24, 2.45) is 0 Å². The zero-order valence-corrected chi connectivity index (χ0v) is 13.9. The molecule has 106 valence electrons. The van der Waals surface area contributed by atoms with Crippen LogP contribution in [0.3, 0.4) is 0 Å². The van der Waals surface area contributed by atoms with Crippen LogP contribution in [0.2, 0.25) is 0 Å². The molecule has 0 saturated carbocycles. The van der Waals surface area contributed by atoms with Crippen molar-refractivity contribution in [3.05, 3.63) is 62.3 Å². The van der Waals surface area contributed by atoms with Crippen LogP contribution in [0.1, 0.15) is 17.2 Å². The SMILES string of the molecule is COc1ccc(Br)c(C(O)Cc2cccc(F)c2Br)c1. The summed E-state index contributed by atoms with van der Waals surface area (Å²) < 4.78 is 19.8. The highest BCUT2D eigenvalue weighted by Crippen LogP contribution is 2.31. The van der Waals surface area contributed by atoms with Crippen LogP contribution in [0.4, 0.5) is 4.39 Å². The Bertz CT molecular complexity index is 617. The molecule has 0 aromatic heterocycles. The van der Waals surface area contributed by atoms with Crippen LogP contribution in [0, 0.1) is 5.82 Å². The van der Waals surface area contributed by atoms with E-state index in [1.165, 1.54) is 6.07 Å². The number of hydrogen-bond acceptors (Lipinski definition) is 2. The Morgan fingerprint density at radius 2 is 2.00 bits per heavy atom. The molecule has 1 unspecified atom stereocenters. The summed E-state index contributed by atoms with van der Waals surface area (Å²) in [7, 11) is 1.57. The molecule has 0 radical (unpaired) electrons. The first-order valence-corrected chi connectivity index (χ1v) is 7.56. The van der Waals surface area contributed by atoms with Gasteiger partial charge in [-0.05, 0) is 51.3 Å². The van der Waals surface area contributed by atoms with E-state index in [0.717, 1.165) is 4.47 Å². The minimum atomic E-state index is -0.752. The van der Waals surface area contributed by atoms with Gasteiger partial charge in [-0.2, -0.15) is 0 Å². The molecule has 5 heteroatoms. The van der Waals surface area contributed by atoms with E-state index in [-0.39, 0.29) is 5.82 Å². The van der Waals surface area contributed by atoms with Gasteiger partial charge in [-0.3, -0.25) is 0 Å². The minimum Gasteiger partial charge on any atom is -0.497 e. The van der Waals surface area contributed by atoms with Gasteiger partial charge in [0.2, 0.25) is 0 Å². The van der Waals surface area contributed by atoms with E-state index in [4.69, 9.17) is 4.74 Å². The van der Waals surface area contributed by atoms with Gasteiger partial charge in [0.15, 0.2) is 0 Å². The third-order valence-corrected chi connectivity index (χ3v) is 4.62. The second kappa shape index (κ2) is 6.70. The molecule has 2 aromatic rings. The Morgan fingerprint density at radius 1 is 1.25 bits per heavy atom. The Balaban J connectivity index is 2.28. The Kier molecular flexibility index (Phi) is 5.18. The molecular formula is C15H13Br2FO2. The van der Waals surface area contributed by atoms with Gasteiger partial charge in [0.25, 0.3) is 0 Å². The monoisotopic (exact) mass is 402 g/mol. The predicted octanol–water partition coefficient (Wildman–Crippen LogP) is 4.64. The molecule has 0 aliphatic heterocycles. The fourth-order valence-electron chi connectivity index (χ4n) is 1.93. The molecule has 0 aliphatic carbocycles. The fourth-order valence-corrected chi connectivity index (χ4v) is 2.87. The maximum Gasteiger partial charge on any atom is 0.137 e. The standard InChI is InChI=1S/C15H13Br2FO2/c1-20-10-5-6-12(16)11(8-10)14(19)7-9-3-2-4-13(18)15(9)17/h2-6,8,14,19H,7H2,1H3. The molecule has 0 heterocycles. The summed E-state index contributed by atoms with van der Waals surface area (Å²) in [5, 5.41) is 10.4. The summed E-state index contributed by atoms with van der Waals surface area (Å²) >= 11 is 6.61. The smallest absolute Gasteiger partial charge is 0.137 e. The first-order valence-electron chi connectivity index (χ1n) is 5.97. The van der Waals surface area contributed by atoms with Crippen molar-refractivity contribution in [1.82, 2.24) is 0 Å². The second-order valence-electron chi connectivity index (χ2n) is 4.32. The van der Waals surface area contributed by atoms with Crippen molar-refractivity contribution in [2.75, 3.05) is 7.11 Å². The average molecular weight is 404 g/mol. The molecule has 0 aliphatic rings. The van der Waals surface area contributed by atoms with Gasteiger partial charge in [0.1, 0.15) is 11.6 Å². The molecule has 20 heavy (non-hydrogen) atoms. The van der Waals surface area contributed by atoms with E-state index in [2.05, 4.69) is 31.9 Å². The van der Waals surface area contributed by atoms with Crippen molar-refractivity contribution in [1.29, 1.82) is 0 Å². The molecule has 2 aromatic carbocycles. The molecule has 1 atom stereocenters. The van der Waals surface area contributed by atoms with E-state index >= 15 is 0 Å². The van der Waals surface area contributed by atoms with Crippen molar-refractivity contribution < 1.29 is 14.2 Å². The lowest BCUT2D eigenvalue weighted by atomic mass is 10.0. The van der Waals surface area contributed by atoms with Gasteiger partial charge in [-0.25, -0.2) is 4.39 Å². The summed E-state index contributed by atoms with van der Waals surface area (Å²) in [6.45, 7) is 0. The van der Waals surface area contributed by atoms with Crippen molar-refractivity contribution in [3.8, 4) is 5.75 Å². The van der Waals surface area contributed by atoms with E-state index in [9.17, 15) is 9.50 Å². The van der Waals surface area contributed by atoms with E-state index in [0.29, 0.717) is 27.8 Å². The first-order chi connectivity index (χ1) is 9.52. The number of benzene rings is 2. The van der Waals surface area contributed by atoms with Gasteiger partial charge in [0.05, 0.1) is 17.7 Å². The summed E-state index contributed by atoms with van der Waals surface area (Å²) in [4.78, 5) is 0. The Hall–Kier alpha value is -0.910. The van der Waals surface area contributed by atoms with E-state index < -0.39 is 6.10 Å². The van der Waals surface area contributed by atoms with Crippen LogP contribution in [-0.4, -0.2) is 12.2 Å². The average Bonchev–Trinajstić information content (AvgIpc) is 2.44. The van der Waals surface area contributed by atoms with Crippen molar-refractivity contribution in [2.45, 2.75) is 12.5 Å². The van der Waals surface area contributed by atoms with Crippen LogP contribution in [0.25, 0.3) is 0 Å². The lowest BCUT2D eigenvalue weighted by Gasteiger charge is -2.15. The lowest BCUT2D eigenvalue weighted by molar-refractivity contribution is 0.177. The van der Waals surface area contributed by atoms with Crippen LogP contribution in [0.5, 0.6) is 5.75 Å². The molecule has 1 N–H and O–H groups in total. The lowest BCUT2D eigenvalue weighted by Crippen LogP contribution is -2.04. The van der Waals surface area contributed by atoms with E-state index in [1.54, 1.807) is 31.4 Å². The number of hydrogen-bond donors (Lipinski definition) is 1. The van der Waals surface area contributed by atoms with Crippen LogP contribution in [-0.2, 0) is 6.42 Å². The number of methoxy groups -OCH3 is 1. The first kappa shape index (κ1) is 15.5. The third kappa shape index (κ3) is 3.40. The Labute approximate surface area is 133 Å². The normalized spacial score (nSPS) is 12.2. The summed E-state index contributed by atoms with van der Waals surface area (Å²) in [5.74, 6) is 0.333. The summed E-state index contributed by atoms with van der Waals surface area (Å²) in [6.07, 6.45) is -0.443. The molecule has 0 fully saturated rings. The fraction of sp³-hybridized carbons (Fsp3) is 0.200. The number of ether oxygens (including phenoxy) is 1. The largest absolute Gasteiger partial charge is 0.497 e. The van der Waals surface area contributed by atoms with Gasteiger partial charge in [-0.15, -0.1) is 0 Å². The Morgan fingerprint density at radius 3 is 2.70 bits per heavy atom. The number of rotatable bonds is 4. The van der Waals surface area contributed by atoms with Crippen molar-refractivity contribution in [3.63, 3.8) is 0 Å². The van der Waals surface area contributed by atoms with Crippen LogP contribution >= 0.6 is 31.9 Å². The van der Waals surface area contributed by atoms with Gasteiger partial charge in [0, 0.05) is 10.9 Å². The molecule has 0 saturated heterocycles. The number of aliphatic hydroxyl groups excluding tert-OH is 1.